The van der Waals surface area contributed by atoms with Gasteiger partial charge in [-0.25, -0.2) is 0 Å². The van der Waals surface area contributed by atoms with Crippen molar-refractivity contribution < 1.29 is 4.48 Å². The van der Waals surface area contributed by atoms with Gasteiger partial charge < -0.3 is 4.48 Å². The molecule has 0 aromatic heterocycles. The van der Waals surface area contributed by atoms with Crippen LogP contribution < -0.4 is 0 Å². The highest BCUT2D eigenvalue weighted by Gasteiger charge is 2.29. The summed E-state index contributed by atoms with van der Waals surface area (Å²) in [6.07, 6.45) is 6.06. The highest BCUT2D eigenvalue weighted by Crippen LogP contribution is 2.13. The molecule has 1 fully saturated rings. The smallest absolute Gasteiger partial charge is 0.0974 e. The zero-order valence-corrected chi connectivity index (χ0v) is 9.70. The predicted molar refractivity (Wildman–Crippen MR) is 66.8 cm³/mol. The van der Waals surface area contributed by atoms with Crippen LogP contribution in [-0.2, 0) is 0 Å². The second-order valence-electron chi connectivity index (χ2n) is 4.32. The van der Waals surface area contributed by atoms with Crippen LogP contribution in [0.1, 0.15) is 0 Å². The van der Waals surface area contributed by atoms with Crippen LogP contribution in [0.25, 0.3) is 0 Å². The van der Waals surface area contributed by atoms with Gasteiger partial charge in [0.15, 0.2) is 0 Å². The predicted octanol–water partition coefficient (Wildman–Crippen LogP) is 1.68. The molecule has 0 aromatic rings. The molecule has 84 valence electrons. The van der Waals surface area contributed by atoms with Crippen molar-refractivity contribution in [2.75, 3.05) is 45.8 Å². The van der Waals surface area contributed by atoms with Crippen LogP contribution in [-0.4, -0.2) is 55.2 Å². The molecule has 1 aliphatic heterocycles. The van der Waals surface area contributed by atoms with E-state index in [1.54, 1.807) is 0 Å². The maximum absolute atomic E-state index is 3.86. The van der Waals surface area contributed by atoms with Gasteiger partial charge in [0.1, 0.15) is 0 Å². The van der Waals surface area contributed by atoms with E-state index < -0.39 is 0 Å². The van der Waals surface area contributed by atoms with E-state index >= 15 is 0 Å². The number of quaternary nitrogens is 1. The van der Waals surface area contributed by atoms with Crippen molar-refractivity contribution in [2.24, 2.45) is 0 Å². The number of piperazine rings is 1. The fraction of sp³-hybridized carbons (Fsp3) is 0.538. The molecule has 2 nitrogen and oxygen atoms in total. The minimum absolute atomic E-state index is 1.02. The number of rotatable bonds is 6. The normalized spacial score (nSPS) is 20.8. The molecule has 0 radical (unpaired) electrons. The van der Waals surface area contributed by atoms with Gasteiger partial charge in [0.2, 0.25) is 0 Å². The van der Waals surface area contributed by atoms with Crippen LogP contribution in [0.3, 0.4) is 0 Å². The molecule has 0 amide bonds. The fourth-order valence-corrected chi connectivity index (χ4v) is 2.28. The summed E-state index contributed by atoms with van der Waals surface area (Å²) in [7, 11) is 0. The Bertz CT molecular complexity index is 213. The van der Waals surface area contributed by atoms with Crippen molar-refractivity contribution in [2.45, 2.75) is 0 Å². The summed E-state index contributed by atoms with van der Waals surface area (Å²) < 4.78 is 1.13. The van der Waals surface area contributed by atoms with Gasteiger partial charge in [-0.1, -0.05) is 19.2 Å². The second-order valence-corrected chi connectivity index (χ2v) is 4.32. The Kier molecular flexibility index (Phi) is 4.79. The van der Waals surface area contributed by atoms with Crippen LogP contribution in [0.2, 0.25) is 0 Å². The molecule has 0 saturated carbocycles. The van der Waals surface area contributed by atoms with Crippen molar-refractivity contribution in [3.63, 3.8) is 0 Å². The lowest BCUT2D eigenvalue weighted by atomic mass is 10.2. The van der Waals surface area contributed by atoms with Gasteiger partial charge >= 0.3 is 0 Å². The van der Waals surface area contributed by atoms with Crippen LogP contribution in [0.5, 0.6) is 0 Å². The molecule has 15 heavy (non-hydrogen) atoms. The van der Waals surface area contributed by atoms with Crippen molar-refractivity contribution >= 4 is 0 Å². The van der Waals surface area contributed by atoms with E-state index in [0.29, 0.717) is 0 Å². The molecular weight excluding hydrogens is 184 g/mol. The lowest BCUT2D eigenvalue weighted by molar-refractivity contribution is -0.921. The summed E-state index contributed by atoms with van der Waals surface area (Å²) in [6, 6.07) is 0. The zero-order valence-electron chi connectivity index (χ0n) is 9.70. The van der Waals surface area contributed by atoms with Gasteiger partial charge in [0, 0.05) is 19.6 Å². The molecule has 0 N–H and O–H groups in total. The first kappa shape index (κ1) is 12.2. The number of hydrogen-bond acceptors (Lipinski definition) is 1. The van der Waals surface area contributed by atoms with Crippen LogP contribution in [0, 0.1) is 0 Å². The monoisotopic (exact) mass is 207 g/mol. The molecule has 2 heteroatoms. The molecule has 1 saturated heterocycles. The van der Waals surface area contributed by atoms with Crippen LogP contribution >= 0.6 is 0 Å². The Balaban J connectivity index is 2.51. The van der Waals surface area contributed by atoms with E-state index in [-0.39, 0.29) is 0 Å². The van der Waals surface area contributed by atoms with E-state index in [0.717, 1.165) is 37.2 Å². The molecule has 1 aliphatic rings. The van der Waals surface area contributed by atoms with E-state index in [4.69, 9.17) is 0 Å². The van der Waals surface area contributed by atoms with Gasteiger partial charge in [0.05, 0.1) is 26.2 Å². The average Bonchev–Trinajstić information content (AvgIpc) is 2.23. The summed E-state index contributed by atoms with van der Waals surface area (Å²) >= 11 is 0. The lowest BCUT2D eigenvalue weighted by Gasteiger charge is -2.43. The maximum atomic E-state index is 3.86. The van der Waals surface area contributed by atoms with Gasteiger partial charge in [-0.15, -0.1) is 6.58 Å². The Morgan fingerprint density at radius 1 is 0.933 bits per heavy atom. The van der Waals surface area contributed by atoms with Crippen molar-refractivity contribution in [3.05, 3.63) is 38.0 Å². The SMILES string of the molecule is C=CCN1CC[N+](CC=C)(CC=C)CC1. The summed E-state index contributed by atoms with van der Waals surface area (Å²) in [6.45, 7) is 19.4. The first-order valence-electron chi connectivity index (χ1n) is 5.66. The standard InChI is InChI=1S/C13H23N2/c1-4-7-14-8-12-15(10-5-2,11-6-3)13-9-14/h4-6H,1-3,7-13H2/q+1. The number of hydrogen-bond donors (Lipinski definition) is 0. The molecule has 0 aromatic carbocycles. The summed E-state index contributed by atoms with van der Waals surface area (Å²) in [5.41, 5.74) is 0. The average molecular weight is 207 g/mol. The Hall–Kier alpha value is -0.860. The first-order valence-corrected chi connectivity index (χ1v) is 5.66. The third kappa shape index (κ3) is 3.33. The number of nitrogens with zero attached hydrogens (tertiary/aromatic N) is 2. The van der Waals surface area contributed by atoms with Crippen molar-refractivity contribution in [1.29, 1.82) is 0 Å². The van der Waals surface area contributed by atoms with E-state index in [1.807, 2.05) is 18.2 Å². The van der Waals surface area contributed by atoms with E-state index in [2.05, 4.69) is 24.6 Å². The quantitative estimate of drug-likeness (QED) is 0.473. The molecular formula is C13H23N2+. The Morgan fingerprint density at radius 3 is 1.87 bits per heavy atom. The van der Waals surface area contributed by atoms with Crippen molar-refractivity contribution in [1.82, 2.24) is 4.90 Å². The highest BCUT2D eigenvalue weighted by molar-refractivity contribution is 4.79. The second kappa shape index (κ2) is 5.89. The van der Waals surface area contributed by atoms with Gasteiger partial charge in [-0.05, 0) is 12.2 Å². The van der Waals surface area contributed by atoms with Gasteiger partial charge in [-0.3, -0.25) is 4.90 Å². The van der Waals surface area contributed by atoms with E-state index in [1.165, 1.54) is 13.1 Å². The third-order valence-corrected chi connectivity index (χ3v) is 3.20. The summed E-state index contributed by atoms with van der Waals surface area (Å²) in [5.74, 6) is 0. The summed E-state index contributed by atoms with van der Waals surface area (Å²) in [5, 5.41) is 0. The molecule has 0 unspecified atom stereocenters. The fourth-order valence-electron chi connectivity index (χ4n) is 2.28. The topological polar surface area (TPSA) is 3.24 Å². The molecule has 0 bridgehead atoms. The van der Waals surface area contributed by atoms with Crippen LogP contribution in [0.15, 0.2) is 38.0 Å². The molecule has 0 spiro atoms. The van der Waals surface area contributed by atoms with Gasteiger partial charge in [0.25, 0.3) is 0 Å². The lowest BCUT2D eigenvalue weighted by Crippen LogP contribution is -2.59. The minimum atomic E-state index is 1.02. The molecule has 1 heterocycles. The zero-order chi connectivity index (χ0) is 11.1. The molecule has 0 aliphatic carbocycles. The minimum Gasteiger partial charge on any atom is -0.315 e. The molecule has 0 atom stereocenters. The molecule has 1 rings (SSSR count). The third-order valence-electron chi connectivity index (χ3n) is 3.20. The Labute approximate surface area is 93.8 Å². The summed E-state index contributed by atoms with van der Waals surface area (Å²) in [4.78, 5) is 2.45. The van der Waals surface area contributed by atoms with Crippen molar-refractivity contribution in [3.8, 4) is 0 Å². The van der Waals surface area contributed by atoms with Crippen LogP contribution in [0.4, 0.5) is 0 Å². The van der Waals surface area contributed by atoms with E-state index in [9.17, 15) is 0 Å². The highest BCUT2D eigenvalue weighted by atomic mass is 15.4. The first-order chi connectivity index (χ1) is 7.26. The largest absolute Gasteiger partial charge is 0.315 e. The Morgan fingerprint density at radius 2 is 1.47 bits per heavy atom. The van der Waals surface area contributed by atoms with Gasteiger partial charge in [-0.2, -0.15) is 0 Å². The maximum Gasteiger partial charge on any atom is 0.0974 e.